The second-order valence-electron chi connectivity index (χ2n) is 5.67. The molecular weight excluding hydrogens is 372 g/mol. The van der Waals surface area contributed by atoms with Gasteiger partial charge in [-0.1, -0.05) is 35.5 Å². The van der Waals surface area contributed by atoms with Crippen LogP contribution in [-0.4, -0.2) is 29.8 Å². The van der Waals surface area contributed by atoms with Crippen LogP contribution in [-0.2, 0) is 11.2 Å². The fourth-order valence-corrected chi connectivity index (χ4v) is 2.45. The molecule has 0 saturated carbocycles. The van der Waals surface area contributed by atoms with Crippen molar-refractivity contribution in [1.82, 2.24) is 10.1 Å². The molecule has 1 aromatic heterocycles. The van der Waals surface area contributed by atoms with Crippen LogP contribution < -0.4 is 14.8 Å². The van der Waals surface area contributed by atoms with Crippen molar-refractivity contribution in [3.05, 3.63) is 54.4 Å². The number of anilines is 1. The molecule has 7 nitrogen and oxygen atoms in total. The summed E-state index contributed by atoms with van der Waals surface area (Å²) >= 11 is 0. The van der Waals surface area contributed by atoms with Gasteiger partial charge in [0.2, 0.25) is 17.6 Å². The van der Waals surface area contributed by atoms with Crippen molar-refractivity contribution in [2.24, 2.45) is 0 Å². The molecule has 0 bridgehead atoms. The van der Waals surface area contributed by atoms with Crippen LogP contribution in [0.1, 0.15) is 12.3 Å². The summed E-state index contributed by atoms with van der Waals surface area (Å²) < 4.78 is 39.4. The van der Waals surface area contributed by atoms with Crippen LogP contribution in [0.3, 0.4) is 0 Å². The molecule has 0 aliphatic heterocycles. The molecule has 0 radical (unpaired) electrons. The Hall–Kier alpha value is -3.49. The quantitative estimate of drug-likeness (QED) is 0.628. The topological polar surface area (TPSA) is 86.5 Å². The van der Waals surface area contributed by atoms with Gasteiger partial charge in [-0.25, -0.2) is 0 Å². The number of rotatable bonds is 8. The number of nitrogens with one attached hydrogen (secondary N) is 1. The highest BCUT2D eigenvalue weighted by atomic mass is 19.3. The van der Waals surface area contributed by atoms with Crippen molar-refractivity contribution < 1.29 is 27.6 Å². The molecule has 0 aliphatic carbocycles. The molecule has 0 aliphatic rings. The first-order chi connectivity index (χ1) is 13.5. The fraction of sp³-hybridized carbons (Fsp3) is 0.211. The van der Waals surface area contributed by atoms with Crippen LogP contribution >= 0.6 is 0 Å². The second kappa shape index (κ2) is 8.94. The summed E-state index contributed by atoms with van der Waals surface area (Å²) in [5, 5.41) is 6.49. The lowest BCUT2D eigenvalue weighted by Crippen LogP contribution is -2.13. The summed E-state index contributed by atoms with van der Waals surface area (Å²) in [6.45, 7) is -3.00. The first-order valence-electron chi connectivity index (χ1n) is 8.36. The van der Waals surface area contributed by atoms with E-state index in [0.29, 0.717) is 17.4 Å². The molecule has 3 rings (SSSR count). The van der Waals surface area contributed by atoms with Gasteiger partial charge in [0.25, 0.3) is 0 Å². The first kappa shape index (κ1) is 19.3. The van der Waals surface area contributed by atoms with Gasteiger partial charge in [0.1, 0.15) is 0 Å². The number of aryl methyl sites for hydroxylation is 1. The zero-order valence-electron chi connectivity index (χ0n) is 14.9. The summed E-state index contributed by atoms with van der Waals surface area (Å²) in [5.41, 5.74) is 1.11. The highest BCUT2D eigenvalue weighted by molar-refractivity contribution is 5.91. The maximum Gasteiger partial charge on any atom is 0.387 e. The zero-order chi connectivity index (χ0) is 19.9. The van der Waals surface area contributed by atoms with Crippen molar-refractivity contribution in [2.45, 2.75) is 19.5 Å². The third kappa shape index (κ3) is 5.03. The number of ether oxygens (including phenoxy) is 2. The Morgan fingerprint density at radius 2 is 1.96 bits per heavy atom. The zero-order valence-corrected chi connectivity index (χ0v) is 14.9. The molecule has 1 N–H and O–H groups in total. The Balaban J connectivity index is 1.58. The molecule has 0 spiro atoms. The monoisotopic (exact) mass is 389 g/mol. The summed E-state index contributed by atoms with van der Waals surface area (Å²) in [4.78, 5) is 16.4. The highest BCUT2D eigenvalue weighted by Gasteiger charge is 2.14. The number of amides is 1. The maximum absolute atomic E-state index is 12.5. The van der Waals surface area contributed by atoms with E-state index >= 15 is 0 Å². The van der Waals surface area contributed by atoms with Crippen LogP contribution in [0.15, 0.2) is 53.1 Å². The minimum atomic E-state index is -3.00. The van der Waals surface area contributed by atoms with Crippen LogP contribution in [0, 0.1) is 0 Å². The number of aromatic nitrogens is 2. The molecule has 146 valence electrons. The van der Waals surface area contributed by atoms with Crippen molar-refractivity contribution in [1.29, 1.82) is 0 Å². The van der Waals surface area contributed by atoms with E-state index in [4.69, 9.17) is 9.26 Å². The lowest BCUT2D eigenvalue weighted by atomic mass is 10.2. The Kier molecular flexibility index (Phi) is 6.15. The number of halogens is 2. The van der Waals surface area contributed by atoms with E-state index in [1.807, 2.05) is 30.3 Å². The number of hydrogen-bond acceptors (Lipinski definition) is 6. The third-order valence-electron chi connectivity index (χ3n) is 3.73. The van der Waals surface area contributed by atoms with Crippen LogP contribution in [0.25, 0.3) is 11.4 Å². The van der Waals surface area contributed by atoms with Crippen LogP contribution in [0.2, 0.25) is 0 Å². The highest BCUT2D eigenvalue weighted by Crippen LogP contribution is 2.31. The molecule has 9 heteroatoms. The molecular formula is C19H17F2N3O4. The molecule has 1 amide bonds. The largest absolute Gasteiger partial charge is 0.493 e. The van der Waals surface area contributed by atoms with E-state index < -0.39 is 6.61 Å². The third-order valence-corrected chi connectivity index (χ3v) is 3.73. The van der Waals surface area contributed by atoms with Gasteiger partial charge in [-0.2, -0.15) is 13.8 Å². The standard InChI is InChI=1S/C19H17F2N3O4/c1-26-14-8-7-13(11-15(14)27-19(20)21)22-16(25)9-10-17-23-18(24-28-17)12-5-3-2-4-6-12/h2-8,11,19H,9-10H2,1H3,(H,22,25). The lowest BCUT2D eigenvalue weighted by molar-refractivity contribution is -0.116. The van der Waals surface area contributed by atoms with E-state index in [9.17, 15) is 13.6 Å². The van der Waals surface area contributed by atoms with E-state index in [2.05, 4.69) is 20.2 Å². The van der Waals surface area contributed by atoms with Gasteiger partial charge < -0.3 is 19.3 Å². The van der Waals surface area contributed by atoms with Gasteiger partial charge in [-0.15, -0.1) is 0 Å². The normalized spacial score (nSPS) is 10.7. The predicted octanol–water partition coefficient (Wildman–Crippen LogP) is 3.92. The first-order valence-corrected chi connectivity index (χ1v) is 8.36. The van der Waals surface area contributed by atoms with Gasteiger partial charge in [0.05, 0.1) is 7.11 Å². The van der Waals surface area contributed by atoms with Crippen LogP contribution in [0.4, 0.5) is 14.5 Å². The van der Waals surface area contributed by atoms with E-state index in [0.717, 1.165) is 5.56 Å². The predicted molar refractivity (Wildman–Crippen MR) is 96.3 cm³/mol. The molecule has 0 unspecified atom stereocenters. The smallest absolute Gasteiger partial charge is 0.387 e. The van der Waals surface area contributed by atoms with E-state index in [-0.39, 0.29) is 30.2 Å². The Morgan fingerprint density at radius 1 is 1.18 bits per heavy atom. The number of nitrogens with zero attached hydrogens (tertiary/aromatic N) is 2. The molecule has 28 heavy (non-hydrogen) atoms. The molecule has 1 heterocycles. The summed E-state index contributed by atoms with van der Waals surface area (Å²) in [6, 6.07) is 13.5. The van der Waals surface area contributed by atoms with Gasteiger partial charge in [0, 0.05) is 30.2 Å². The Labute approximate surface area is 159 Å². The molecule has 3 aromatic rings. The molecule has 2 aromatic carbocycles. The second-order valence-corrected chi connectivity index (χ2v) is 5.67. The SMILES string of the molecule is COc1ccc(NC(=O)CCc2nc(-c3ccccc3)no2)cc1OC(F)F. The van der Waals surface area contributed by atoms with Gasteiger partial charge in [-0.3, -0.25) is 4.79 Å². The van der Waals surface area contributed by atoms with Gasteiger partial charge in [-0.05, 0) is 12.1 Å². The average molecular weight is 389 g/mol. The summed E-state index contributed by atoms with van der Waals surface area (Å²) in [7, 11) is 1.33. The number of methoxy groups -OCH3 is 1. The van der Waals surface area contributed by atoms with E-state index in [1.165, 1.54) is 25.3 Å². The van der Waals surface area contributed by atoms with Crippen molar-refractivity contribution in [3.8, 4) is 22.9 Å². The molecule has 0 atom stereocenters. The van der Waals surface area contributed by atoms with Crippen LogP contribution in [0.5, 0.6) is 11.5 Å². The molecule has 0 saturated heterocycles. The van der Waals surface area contributed by atoms with Gasteiger partial charge >= 0.3 is 6.61 Å². The van der Waals surface area contributed by atoms with E-state index in [1.54, 1.807) is 0 Å². The number of carbonyl (C=O) groups is 1. The number of hydrogen-bond donors (Lipinski definition) is 1. The number of alkyl halides is 2. The lowest BCUT2D eigenvalue weighted by Gasteiger charge is -2.12. The minimum absolute atomic E-state index is 0.0769. The average Bonchev–Trinajstić information content (AvgIpc) is 3.16. The number of carbonyl (C=O) groups excluding carboxylic acids is 1. The Bertz CT molecular complexity index is 932. The maximum atomic E-state index is 12.5. The molecule has 0 fully saturated rings. The minimum Gasteiger partial charge on any atom is -0.493 e. The summed E-state index contributed by atoms with van der Waals surface area (Å²) in [6.07, 6.45) is 0.315. The number of benzene rings is 2. The fourth-order valence-electron chi connectivity index (χ4n) is 2.45. The van der Waals surface area contributed by atoms with Gasteiger partial charge in [0.15, 0.2) is 11.5 Å². The Morgan fingerprint density at radius 3 is 2.68 bits per heavy atom. The summed E-state index contributed by atoms with van der Waals surface area (Å²) in [5.74, 6) is 0.398. The van der Waals surface area contributed by atoms with Crippen molar-refractivity contribution >= 4 is 11.6 Å². The van der Waals surface area contributed by atoms with Crippen molar-refractivity contribution in [2.75, 3.05) is 12.4 Å². The van der Waals surface area contributed by atoms with Crippen molar-refractivity contribution in [3.63, 3.8) is 0 Å².